The number of ether oxygens (including phenoxy) is 2. The molecule has 1 amide bonds. The van der Waals surface area contributed by atoms with Crippen molar-refractivity contribution in [2.45, 2.75) is 0 Å². The zero-order valence-corrected chi connectivity index (χ0v) is 15.9. The number of aromatic nitrogens is 2. The van der Waals surface area contributed by atoms with Gasteiger partial charge in [-0.25, -0.2) is 9.97 Å². The maximum Gasteiger partial charge on any atom is 0.244 e. The molecule has 2 aromatic rings. The van der Waals surface area contributed by atoms with Crippen LogP contribution in [0.4, 0.5) is 11.6 Å². The van der Waals surface area contributed by atoms with Gasteiger partial charge in [-0.05, 0) is 23.8 Å². The second-order valence-corrected chi connectivity index (χ2v) is 6.19. The van der Waals surface area contributed by atoms with Crippen molar-refractivity contribution in [1.29, 1.82) is 0 Å². The molecule has 0 aliphatic carbocycles. The number of nitrogens with zero attached hydrogens (tertiary/aromatic N) is 3. The lowest BCUT2D eigenvalue weighted by Crippen LogP contribution is -2.36. The van der Waals surface area contributed by atoms with Crippen molar-refractivity contribution in [2.24, 2.45) is 0 Å². The maximum absolute atomic E-state index is 11.9. The fourth-order valence-corrected chi connectivity index (χ4v) is 2.73. The maximum atomic E-state index is 11.9. The van der Waals surface area contributed by atoms with Gasteiger partial charge in [0.05, 0.1) is 20.3 Å². The molecule has 8 nitrogen and oxygen atoms in total. The van der Waals surface area contributed by atoms with Crippen LogP contribution >= 0.6 is 0 Å². The molecule has 0 saturated carbocycles. The van der Waals surface area contributed by atoms with Crippen LogP contribution in [0.2, 0.25) is 0 Å². The molecule has 2 heterocycles. The predicted octanol–water partition coefficient (Wildman–Crippen LogP) is 1.56. The highest BCUT2D eigenvalue weighted by atomic mass is 16.5. The third-order valence-corrected chi connectivity index (χ3v) is 4.26. The Balaban J connectivity index is 1.40. The molecule has 0 unspecified atom stereocenters. The number of methoxy groups -OCH3 is 1. The van der Waals surface area contributed by atoms with Crippen molar-refractivity contribution in [1.82, 2.24) is 15.3 Å². The number of carbonyl (C=O) groups excluding carboxylic acids is 1. The first-order valence-corrected chi connectivity index (χ1v) is 9.23. The molecular weight excluding hydrogens is 358 g/mol. The van der Waals surface area contributed by atoms with Crippen LogP contribution in [0.1, 0.15) is 5.56 Å². The summed E-state index contributed by atoms with van der Waals surface area (Å²) in [7, 11) is 1.62. The molecule has 1 fully saturated rings. The van der Waals surface area contributed by atoms with Gasteiger partial charge in [0, 0.05) is 38.3 Å². The topological polar surface area (TPSA) is 88.6 Å². The van der Waals surface area contributed by atoms with E-state index in [1.165, 1.54) is 6.08 Å². The SMILES string of the molecule is COc1ccc(/C=C/C(=O)NCCNc2cc(N3CCOCC3)ncn2)cc1. The number of carbonyl (C=O) groups is 1. The van der Waals surface area contributed by atoms with Gasteiger partial charge in [0.15, 0.2) is 0 Å². The molecular formula is C20H25N5O3. The minimum absolute atomic E-state index is 0.144. The van der Waals surface area contributed by atoms with E-state index in [1.54, 1.807) is 19.5 Å². The Morgan fingerprint density at radius 1 is 1.21 bits per heavy atom. The van der Waals surface area contributed by atoms with Crippen molar-refractivity contribution in [3.05, 3.63) is 48.3 Å². The summed E-state index contributed by atoms with van der Waals surface area (Å²) in [5, 5.41) is 6.04. The van der Waals surface area contributed by atoms with Gasteiger partial charge in [-0.2, -0.15) is 0 Å². The minimum atomic E-state index is -0.144. The Morgan fingerprint density at radius 2 is 2.00 bits per heavy atom. The van der Waals surface area contributed by atoms with Crippen molar-refractivity contribution in [3.8, 4) is 5.75 Å². The minimum Gasteiger partial charge on any atom is -0.497 e. The smallest absolute Gasteiger partial charge is 0.244 e. The third-order valence-electron chi connectivity index (χ3n) is 4.26. The molecule has 0 radical (unpaired) electrons. The van der Waals surface area contributed by atoms with Crippen LogP contribution < -0.4 is 20.3 Å². The number of anilines is 2. The van der Waals surface area contributed by atoms with Crippen molar-refractivity contribution in [2.75, 3.05) is 56.7 Å². The third kappa shape index (κ3) is 5.95. The van der Waals surface area contributed by atoms with Crippen LogP contribution in [0.25, 0.3) is 6.08 Å². The molecule has 8 heteroatoms. The average Bonchev–Trinajstić information content (AvgIpc) is 2.76. The van der Waals surface area contributed by atoms with E-state index in [-0.39, 0.29) is 5.91 Å². The number of amides is 1. The monoisotopic (exact) mass is 383 g/mol. The van der Waals surface area contributed by atoms with E-state index in [1.807, 2.05) is 30.3 Å². The first-order chi connectivity index (χ1) is 13.7. The van der Waals surface area contributed by atoms with Gasteiger partial charge in [-0.1, -0.05) is 12.1 Å². The first-order valence-electron chi connectivity index (χ1n) is 9.23. The quantitative estimate of drug-likeness (QED) is 0.528. The standard InChI is InChI=1S/C20H25N5O3/c1-27-17-5-2-16(3-6-17)4-7-20(26)22-9-8-21-18-14-19(24-15-23-18)25-10-12-28-13-11-25/h2-7,14-15H,8-13H2,1H3,(H,22,26)(H,21,23,24)/b7-4+. The van der Waals surface area contributed by atoms with E-state index in [9.17, 15) is 4.79 Å². The molecule has 1 aliphatic rings. The number of nitrogens with one attached hydrogen (secondary N) is 2. The summed E-state index contributed by atoms with van der Waals surface area (Å²) in [5.74, 6) is 2.26. The van der Waals surface area contributed by atoms with Gasteiger partial charge in [-0.3, -0.25) is 4.79 Å². The van der Waals surface area contributed by atoms with Gasteiger partial charge in [0.25, 0.3) is 0 Å². The molecule has 1 aliphatic heterocycles. The van der Waals surface area contributed by atoms with Crippen LogP contribution in [0, 0.1) is 0 Å². The first kappa shape index (κ1) is 19.6. The molecule has 0 atom stereocenters. The number of morpholine rings is 1. The van der Waals surface area contributed by atoms with E-state index in [0.29, 0.717) is 26.3 Å². The fourth-order valence-electron chi connectivity index (χ4n) is 2.73. The zero-order chi connectivity index (χ0) is 19.6. The van der Waals surface area contributed by atoms with Crippen molar-refractivity contribution < 1.29 is 14.3 Å². The summed E-state index contributed by atoms with van der Waals surface area (Å²) in [5.41, 5.74) is 0.936. The number of hydrogen-bond acceptors (Lipinski definition) is 7. The lowest BCUT2D eigenvalue weighted by Gasteiger charge is -2.27. The highest BCUT2D eigenvalue weighted by molar-refractivity contribution is 5.91. The Kier molecular flexibility index (Phi) is 7.20. The summed E-state index contributed by atoms with van der Waals surface area (Å²) < 4.78 is 10.5. The van der Waals surface area contributed by atoms with Crippen LogP contribution in [0.15, 0.2) is 42.7 Å². The average molecular weight is 383 g/mol. The Hall–Kier alpha value is -3.13. The summed E-state index contributed by atoms with van der Waals surface area (Å²) in [6.45, 7) is 4.14. The summed E-state index contributed by atoms with van der Waals surface area (Å²) in [6, 6.07) is 9.41. The van der Waals surface area contributed by atoms with Crippen LogP contribution in [0.5, 0.6) is 5.75 Å². The zero-order valence-electron chi connectivity index (χ0n) is 15.9. The molecule has 1 aromatic heterocycles. The molecule has 148 valence electrons. The largest absolute Gasteiger partial charge is 0.497 e. The summed E-state index contributed by atoms with van der Waals surface area (Å²) in [4.78, 5) is 22.6. The molecule has 28 heavy (non-hydrogen) atoms. The van der Waals surface area contributed by atoms with E-state index < -0.39 is 0 Å². The summed E-state index contributed by atoms with van der Waals surface area (Å²) >= 11 is 0. The van der Waals surface area contributed by atoms with Gasteiger partial charge >= 0.3 is 0 Å². The molecule has 3 rings (SSSR count). The van der Waals surface area contributed by atoms with Crippen molar-refractivity contribution >= 4 is 23.6 Å². The van der Waals surface area contributed by atoms with E-state index in [2.05, 4.69) is 25.5 Å². The molecule has 0 spiro atoms. The normalized spacial score (nSPS) is 14.1. The molecule has 1 saturated heterocycles. The lowest BCUT2D eigenvalue weighted by molar-refractivity contribution is -0.116. The molecule has 1 aromatic carbocycles. The van der Waals surface area contributed by atoms with Crippen LogP contribution in [-0.2, 0) is 9.53 Å². The second-order valence-electron chi connectivity index (χ2n) is 6.19. The van der Waals surface area contributed by atoms with Gasteiger partial charge in [0.2, 0.25) is 5.91 Å². The van der Waals surface area contributed by atoms with Gasteiger partial charge in [0.1, 0.15) is 23.7 Å². The van der Waals surface area contributed by atoms with Gasteiger partial charge < -0.3 is 25.0 Å². The highest BCUT2D eigenvalue weighted by Crippen LogP contribution is 2.15. The van der Waals surface area contributed by atoms with Gasteiger partial charge in [-0.15, -0.1) is 0 Å². The lowest BCUT2D eigenvalue weighted by atomic mass is 10.2. The molecule has 0 bridgehead atoms. The Bertz CT molecular complexity index is 789. The van der Waals surface area contributed by atoms with E-state index >= 15 is 0 Å². The Morgan fingerprint density at radius 3 is 2.75 bits per heavy atom. The Labute approximate surface area is 164 Å². The highest BCUT2D eigenvalue weighted by Gasteiger charge is 2.12. The van der Waals surface area contributed by atoms with E-state index in [4.69, 9.17) is 9.47 Å². The van der Waals surface area contributed by atoms with Crippen molar-refractivity contribution in [3.63, 3.8) is 0 Å². The predicted molar refractivity (Wildman–Crippen MR) is 109 cm³/mol. The summed E-state index contributed by atoms with van der Waals surface area (Å²) in [6.07, 6.45) is 4.83. The second kappa shape index (κ2) is 10.3. The number of benzene rings is 1. The van der Waals surface area contributed by atoms with E-state index in [0.717, 1.165) is 36.0 Å². The molecule has 2 N–H and O–H groups in total. The number of hydrogen-bond donors (Lipinski definition) is 2. The fraction of sp³-hybridized carbons (Fsp3) is 0.350. The van der Waals surface area contributed by atoms with Crippen LogP contribution in [-0.4, -0.2) is 62.4 Å². The number of rotatable bonds is 8. The van der Waals surface area contributed by atoms with Crippen LogP contribution in [0.3, 0.4) is 0 Å².